The lowest BCUT2D eigenvalue weighted by Crippen LogP contribution is -2.15. The van der Waals surface area contributed by atoms with Gasteiger partial charge in [0.25, 0.3) is 0 Å². The molecule has 1 amide bonds. The van der Waals surface area contributed by atoms with Gasteiger partial charge in [0.1, 0.15) is 5.82 Å². The lowest BCUT2D eigenvalue weighted by molar-refractivity contribution is -0.115. The second kappa shape index (κ2) is 5.97. The van der Waals surface area contributed by atoms with Crippen molar-refractivity contribution in [2.45, 2.75) is 13.3 Å². The molecule has 0 saturated heterocycles. The third-order valence-corrected chi connectivity index (χ3v) is 3.21. The molecule has 0 heterocycles. The largest absolute Gasteiger partial charge is 0.326 e. The smallest absolute Gasteiger partial charge is 0.228 e. The summed E-state index contributed by atoms with van der Waals surface area (Å²) in [5, 5.41) is 2.82. The molecule has 19 heavy (non-hydrogen) atoms. The highest BCUT2D eigenvalue weighted by molar-refractivity contribution is 9.10. The van der Waals surface area contributed by atoms with E-state index in [2.05, 4.69) is 21.2 Å². The van der Waals surface area contributed by atoms with Crippen molar-refractivity contribution in [1.82, 2.24) is 0 Å². The highest BCUT2D eigenvalue weighted by atomic mass is 79.9. The predicted octanol–water partition coefficient (Wildman–Crippen LogP) is 4.08. The van der Waals surface area contributed by atoms with Crippen molar-refractivity contribution >= 4 is 27.5 Å². The van der Waals surface area contributed by atoms with Gasteiger partial charge >= 0.3 is 0 Å². The SMILES string of the molecule is Cc1cc(Br)ccc1NC(=O)Cc1cccc(F)c1. The van der Waals surface area contributed by atoms with E-state index in [1.807, 2.05) is 25.1 Å². The summed E-state index contributed by atoms with van der Waals surface area (Å²) in [6.07, 6.45) is 0.160. The molecule has 2 rings (SSSR count). The van der Waals surface area contributed by atoms with E-state index in [0.29, 0.717) is 5.56 Å². The van der Waals surface area contributed by atoms with Crippen LogP contribution in [0.3, 0.4) is 0 Å². The summed E-state index contributed by atoms with van der Waals surface area (Å²) in [4.78, 5) is 11.9. The van der Waals surface area contributed by atoms with Crippen LogP contribution in [0, 0.1) is 12.7 Å². The minimum Gasteiger partial charge on any atom is -0.326 e. The van der Waals surface area contributed by atoms with Gasteiger partial charge in [-0.15, -0.1) is 0 Å². The van der Waals surface area contributed by atoms with Crippen LogP contribution in [0.15, 0.2) is 46.9 Å². The molecule has 0 fully saturated rings. The van der Waals surface area contributed by atoms with Crippen molar-refractivity contribution < 1.29 is 9.18 Å². The molecule has 2 nitrogen and oxygen atoms in total. The summed E-state index contributed by atoms with van der Waals surface area (Å²) in [5.74, 6) is -0.485. The van der Waals surface area contributed by atoms with Gasteiger partial charge in [0.15, 0.2) is 0 Å². The van der Waals surface area contributed by atoms with Crippen molar-refractivity contribution in [2.24, 2.45) is 0 Å². The van der Waals surface area contributed by atoms with E-state index >= 15 is 0 Å². The van der Waals surface area contributed by atoms with Crippen molar-refractivity contribution in [3.05, 3.63) is 63.9 Å². The van der Waals surface area contributed by atoms with Gasteiger partial charge in [-0.05, 0) is 48.4 Å². The number of anilines is 1. The van der Waals surface area contributed by atoms with E-state index in [0.717, 1.165) is 15.7 Å². The van der Waals surface area contributed by atoms with Crippen LogP contribution in [0.25, 0.3) is 0 Å². The summed E-state index contributed by atoms with van der Waals surface area (Å²) in [6.45, 7) is 1.92. The fourth-order valence-corrected chi connectivity index (χ4v) is 2.27. The maximum Gasteiger partial charge on any atom is 0.228 e. The second-order valence-corrected chi connectivity index (χ2v) is 5.23. The molecule has 0 saturated carbocycles. The number of benzene rings is 2. The quantitative estimate of drug-likeness (QED) is 0.906. The zero-order valence-corrected chi connectivity index (χ0v) is 12.0. The number of carbonyl (C=O) groups excluding carboxylic acids is 1. The first-order valence-corrected chi connectivity index (χ1v) is 6.64. The Hall–Kier alpha value is -1.68. The lowest BCUT2D eigenvalue weighted by atomic mass is 10.1. The van der Waals surface area contributed by atoms with Gasteiger partial charge < -0.3 is 5.32 Å². The predicted molar refractivity (Wildman–Crippen MR) is 77.6 cm³/mol. The molecule has 0 radical (unpaired) electrons. The Labute approximate surface area is 119 Å². The summed E-state index contributed by atoms with van der Waals surface area (Å²) in [5.41, 5.74) is 2.40. The monoisotopic (exact) mass is 321 g/mol. The van der Waals surface area contributed by atoms with Crippen molar-refractivity contribution in [2.75, 3.05) is 5.32 Å². The molecule has 0 aliphatic heterocycles. The Morgan fingerprint density at radius 1 is 1.26 bits per heavy atom. The van der Waals surface area contributed by atoms with Crippen LogP contribution < -0.4 is 5.32 Å². The highest BCUT2D eigenvalue weighted by Crippen LogP contribution is 2.20. The number of nitrogens with one attached hydrogen (secondary N) is 1. The molecular formula is C15H13BrFNO. The molecule has 1 N–H and O–H groups in total. The average Bonchev–Trinajstić information content (AvgIpc) is 2.33. The lowest BCUT2D eigenvalue weighted by Gasteiger charge is -2.08. The number of aryl methyl sites for hydroxylation is 1. The Morgan fingerprint density at radius 2 is 2.05 bits per heavy atom. The second-order valence-electron chi connectivity index (χ2n) is 4.31. The standard InChI is InChI=1S/C15H13BrFNO/c1-10-7-12(16)5-6-14(10)18-15(19)9-11-3-2-4-13(17)8-11/h2-8H,9H2,1H3,(H,18,19). The van der Waals surface area contributed by atoms with Gasteiger partial charge in [-0.3, -0.25) is 4.79 Å². The first-order valence-electron chi connectivity index (χ1n) is 5.85. The average molecular weight is 322 g/mol. The molecule has 4 heteroatoms. The van der Waals surface area contributed by atoms with Gasteiger partial charge in [0.05, 0.1) is 6.42 Å². The van der Waals surface area contributed by atoms with Crippen LogP contribution in [0.5, 0.6) is 0 Å². The van der Waals surface area contributed by atoms with E-state index in [9.17, 15) is 9.18 Å². The van der Waals surface area contributed by atoms with Gasteiger partial charge in [-0.25, -0.2) is 4.39 Å². The van der Waals surface area contributed by atoms with Gasteiger partial charge in [-0.1, -0.05) is 28.1 Å². The number of hydrogen-bond donors (Lipinski definition) is 1. The maximum atomic E-state index is 13.0. The molecule has 0 bridgehead atoms. The van der Waals surface area contributed by atoms with Gasteiger partial charge in [0, 0.05) is 10.2 Å². The Morgan fingerprint density at radius 3 is 2.74 bits per heavy atom. The minimum absolute atomic E-state index is 0.156. The zero-order valence-electron chi connectivity index (χ0n) is 10.4. The summed E-state index contributed by atoms with van der Waals surface area (Å²) in [6, 6.07) is 11.7. The van der Waals surface area contributed by atoms with Crippen LogP contribution in [-0.4, -0.2) is 5.91 Å². The maximum absolute atomic E-state index is 13.0. The van der Waals surface area contributed by atoms with E-state index in [1.54, 1.807) is 12.1 Å². The van der Waals surface area contributed by atoms with Crippen LogP contribution in [-0.2, 0) is 11.2 Å². The molecule has 2 aromatic rings. The van der Waals surface area contributed by atoms with E-state index in [1.165, 1.54) is 12.1 Å². The van der Waals surface area contributed by atoms with E-state index in [-0.39, 0.29) is 18.1 Å². The fourth-order valence-electron chi connectivity index (χ4n) is 1.79. The minimum atomic E-state index is -0.329. The third kappa shape index (κ3) is 3.89. The zero-order chi connectivity index (χ0) is 13.8. The number of rotatable bonds is 3. The van der Waals surface area contributed by atoms with Crippen LogP contribution in [0.4, 0.5) is 10.1 Å². The number of hydrogen-bond acceptors (Lipinski definition) is 1. The van der Waals surface area contributed by atoms with E-state index < -0.39 is 0 Å². The normalized spacial score (nSPS) is 10.3. The van der Waals surface area contributed by atoms with Gasteiger partial charge in [-0.2, -0.15) is 0 Å². The first-order chi connectivity index (χ1) is 9.04. The number of amides is 1. The van der Waals surface area contributed by atoms with Crippen molar-refractivity contribution in [3.8, 4) is 0 Å². The Bertz CT molecular complexity index is 613. The summed E-state index contributed by atoms with van der Waals surface area (Å²) < 4.78 is 14.0. The molecular weight excluding hydrogens is 309 g/mol. The fraction of sp³-hybridized carbons (Fsp3) is 0.133. The van der Waals surface area contributed by atoms with Crippen LogP contribution in [0.1, 0.15) is 11.1 Å². The Balaban J connectivity index is 2.05. The molecule has 0 unspecified atom stereocenters. The Kier molecular flexibility index (Phi) is 4.32. The molecule has 0 aliphatic carbocycles. The van der Waals surface area contributed by atoms with Crippen LogP contribution in [0.2, 0.25) is 0 Å². The topological polar surface area (TPSA) is 29.1 Å². The van der Waals surface area contributed by atoms with Crippen molar-refractivity contribution in [1.29, 1.82) is 0 Å². The van der Waals surface area contributed by atoms with Gasteiger partial charge in [0.2, 0.25) is 5.91 Å². The summed E-state index contributed by atoms with van der Waals surface area (Å²) >= 11 is 3.37. The van der Waals surface area contributed by atoms with Crippen molar-refractivity contribution in [3.63, 3.8) is 0 Å². The first kappa shape index (κ1) is 13.7. The number of carbonyl (C=O) groups is 1. The molecule has 0 atom stereocenters. The highest BCUT2D eigenvalue weighted by Gasteiger charge is 2.06. The van der Waals surface area contributed by atoms with E-state index in [4.69, 9.17) is 0 Å². The molecule has 0 spiro atoms. The third-order valence-electron chi connectivity index (χ3n) is 2.72. The summed E-state index contributed by atoms with van der Waals surface area (Å²) in [7, 11) is 0. The molecule has 98 valence electrons. The number of halogens is 2. The molecule has 2 aromatic carbocycles. The molecule has 0 aromatic heterocycles. The van der Waals surface area contributed by atoms with Crippen LogP contribution >= 0.6 is 15.9 Å². The molecule has 0 aliphatic rings.